The van der Waals surface area contributed by atoms with Gasteiger partial charge < -0.3 is 0 Å². The zero-order valence-electron chi connectivity index (χ0n) is 11.0. The van der Waals surface area contributed by atoms with Gasteiger partial charge in [0.25, 0.3) is 5.91 Å². The molecule has 0 fully saturated rings. The summed E-state index contributed by atoms with van der Waals surface area (Å²) < 4.78 is 1.51. The van der Waals surface area contributed by atoms with Crippen LogP contribution in [0.5, 0.6) is 0 Å². The zero-order valence-corrected chi connectivity index (χ0v) is 11.7. The lowest BCUT2D eigenvalue weighted by Gasteiger charge is -2.13. The van der Waals surface area contributed by atoms with Gasteiger partial charge in [0.05, 0.1) is 5.69 Å². The summed E-state index contributed by atoms with van der Waals surface area (Å²) in [6.45, 7) is 3.59. The standard InChI is InChI=1S/C13H13ClN4O2/c1-7-5-9(14)3-4-10(7)18-8(2)6-11(19)12(17-18)13(20)16-15/h3-6H,15H2,1-2H3,(H,16,20). The predicted octanol–water partition coefficient (Wildman–Crippen LogP) is 1.11. The maximum absolute atomic E-state index is 11.7. The van der Waals surface area contributed by atoms with Crippen LogP contribution in [-0.4, -0.2) is 15.7 Å². The molecular weight excluding hydrogens is 280 g/mol. The monoisotopic (exact) mass is 292 g/mol. The van der Waals surface area contributed by atoms with Gasteiger partial charge in [0.2, 0.25) is 5.43 Å². The normalized spacial score (nSPS) is 10.4. The molecule has 0 unspecified atom stereocenters. The smallest absolute Gasteiger partial charge is 0.289 e. The molecule has 0 aliphatic heterocycles. The highest BCUT2D eigenvalue weighted by atomic mass is 35.5. The Morgan fingerprint density at radius 1 is 1.35 bits per heavy atom. The molecule has 1 aromatic carbocycles. The number of aromatic nitrogens is 2. The van der Waals surface area contributed by atoms with E-state index in [9.17, 15) is 9.59 Å². The fourth-order valence-corrected chi connectivity index (χ4v) is 2.10. The largest absolute Gasteiger partial charge is 0.289 e. The average molecular weight is 293 g/mol. The van der Waals surface area contributed by atoms with Crippen LogP contribution in [0.3, 0.4) is 0 Å². The van der Waals surface area contributed by atoms with Gasteiger partial charge in [-0.2, -0.15) is 5.10 Å². The Morgan fingerprint density at radius 3 is 2.65 bits per heavy atom. The second-order valence-corrected chi connectivity index (χ2v) is 4.75. The highest BCUT2D eigenvalue weighted by Crippen LogP contribution is 2.19. The van der Waals surface area contributed by atoms with E-state index in [2.05, 4.69) is 5.10 Å². The second-order valence-electron chi connectivity index (χ2n) is 4.31. The molecule has 0 aliphatic carbocycles. The second kappa shape index (κ2) is 5.44. The number of aryl methyl sites for hydroxylation is 2. The molecule has 0 atom stereocenters. The Balaban J connectivity index is 2.68. The maximum atomic E-state index is 11.7. The van der Waals surface area contributed by atoms with E-state index in [0.29, 0.717) is 10.7 Å². The van der Waals surface area contributed by atoms with Crippen molar-refractivity contribution in [1.29, 1.82) is 0 Å². The molecule has 7 heteroatoms. The third-order valence-corrected chi connectivity index (χ3v) is 3.08. The van der Waals surface area contributed by atoms with Crippen molar-refractivity contribution in [2.45, 2.75) is 13.8 Å². The molecule has 0 aliphatic rings. The summed E-state index contributed by atoms with van der Waals surface area (Å²) in [5, 5.41) is 4.67. The number of nitrogens with two attached hydrogens (primary N) is 1. The molecule has 2 aromatic rings. The van der Waals surface area contributed by atoms with Crippen molar-refractivity contribution in [2.75, 3.05) is 0 Å². The number of amides is 1. The lowest BCUT2D eigenvalue weighted by Crippen LogP contribution is -2.36. The Bertz CT molecular complexity index is 740. The minimum Gasteiger partial charge on any atom is -0.289 e. The minimum absolute atomic E-state index is 0.257. The van der Waals surface area contributed by atoms with Crippen LogP contribution in [0.1, 0.15) is 21.7 Å². The number of hydrogen-bond acceptors (Lipinski definition) is 4. The van der Waals surface area contributed by atoms with E-state index in [1.807, 2.05) is 12.3 Å². The van der Waals surface area contributed by atoms with Crippen LogP contribution in [0.2, 0.25) is 5.02 Å². The molecule has 0 spiro atoms. The van der Waals surface area contributed by atoms with Crippen molar-refractivity contribution in [3.63, 3.8) is 0 Å². The number of nitrogen functional groups attached to an aromatic ring is 1. The van der Waals surface area contributed by atoms with Gasteiger partial charge in [0.1, 0.15) is 0 Å². The highest BCUT2D eigenvalue weighted by molar-refractivity contribution is 6.30. The third-order valence-electron chi connectivity index (χ3n) is 2.84. The van der Waals surface area contributed by atoms with Crippen LogP contribution in [0.25, 0.3) is 5.69 Å². The first-order chi connectivity index (χ1) is 9.43. The lowest BCUT2D eigenvalue weighted by molar-refractivity contribution is 0.0945. The summed E-state index contributed by atoms with van der Waals surface area (Å²) in [6, 6.07) is 6.60. The van der Waals surface area contributed by atoms with Crippen molar-refractivity contribution < 1.29 is 4.79 Å². The van der Waals surface area contributed by atoms with Crippen LogP contribution in [0.4, 0.5) is 0 Å². The highest BCUT2D eigenvalue weighted by Gasteiger charge is 2.14. The summed E-state index contributed by atoms with van der Waals surface area (Å²) >= 11 is 5.91. The zero-order chi connectivity index (χ0) is 14.9. The quantitative estimate of drug-likeness (QED) is 0.493. The number of halogens is 1. The van der Waals surface area contributed by atoms with Crippen molar-refractivity contribution in [3.8, 4) is 5.69 Å². The Hall–Kier alpha value is -2.18. The molecule has 104 valence electrons. The fourth-order valence-electron chi connectivity index (χ4n) is 1.87. The molecule has 0 saturated heterocycles. The molecule has 1 aromatic heterocycles. The Labute approximate surface area is 120 Å². The number of hydrogen-bond donors (Lipinski definition) is 2. The topological polar surface area (TPSA) is 90.0 Å². The van der Waals surface area contributed by atoms with Crippen molar-refractivity contribution in [2.24, 2.45) is 5.84 Å². The number of benzene rings is 1. The summed E-state index contributed by atoms with van der Waals surface area (Å²) in [4.78, 5) is 23.3. The molecule has 0 bridgehead atoms. The molecule has 3 N–H and O–H groups in total. The first-order valence-corrected chi connectivity index (χ1v) is 6.20. The minimum atomic E-state index is -0.727. The molecule has 1 amide bonds. The molecule has 2 rings (SSSR count). The van der Waals surface area contributed by atoms with Crippen molar-refractivity contribution in [1.82, 2.24) is 15.2 Å². The lowest BCUT2D eigenvalue weighted by atomic mass is 10.2. The molecule has 0 saturated carbocycles. The van der Waals surface area contributed by atoms with Gasteiger partial charge in [-0.15, -0.1) is 0 Å². The molecule has 0 radical (unpaired) electrons. The summed E-state index contributed by atoms with van der Waals surface area (Å²) in [7, 11) is 0. The number of nitrogens with zero attached hydrogens (tertiary/aromatic N) is 2. The summed E-state index contributed by atoms with van der Waals surface area (Å²) in [5.74, 6) is 4.32. The SMILES string of the molecule is Cc1cc(Cl)ccc1-n1nc(C(=O)NN)c(=O)cc1C. The van der Waals surface area contributed by atoms with Crippen molar-refractivity contribution in [3.05, 3.63) is 56.5 Å². The average Bonchev–Trinajstić information content (AvgIpc) is 2.39. The van der Waals surface area contributed by atoms with E-state index in [1.165, 1.54) is 10.7 Å². The third kappa shape index (κ3) is 2.56. The van der Waals surface area contributed by atoms with E-state index >= 15 is 0 Å². The van der Waals surface area contributed by atoms with E-state index in [1.54, 1.807) is 25.1 Å². The Kier molecular flexibility index (Phi) is 3.87. The molecule has 20 heavy (non-hydrogen) atoms. The van der Waals surface area contributed by atoms with Gasteiger partial charge in [-0.3, -0.25) is 15.0 Å². The van der Waals surface area contributed by atoms with Gasteiger partial charge in [0, 0.05) is 16.8 Å². The Morgan fingerprint density at radius 2 is 2.05 bits per heavy atom. The first-order valence-electron chi connectivity index (χ1n) is 5.82. The van der Waals surface area contributed by atoms with Crippen LogP contribution < -0.4 is 16.7 Å². The van der Waals surface area contributed by atoms with E-state index in [0.717, 1.165) is 11.3 Å². The molecular formula is C13H13ClN4O2. The van der Waals surface area contributed by atoms with E-state index in [-0.39, 0.29) is 5.69 Å². The van der Waals surface area contributed by atoms with E-state index < -0.39 is 11.3 Å². The maximum Gasteiger partial charge on any atom is 0.289 e. The molecule has 1 heterocycles. The number of carbonyl (C=O) groups excluding carboxylic acids is 1. The van der Waals surface area contributed by atoms with Crippen molar-refractivity contribution >= 4 is 17.5 Å². The number of carbonyl (C=O) groups is 1. The van der Waals surface area contributed by atoms with Crippen LogP contribution >= 0.6 is 11.6 Å². The van der Waals surface area contributed by atoms with Gasteiger partial charge >= 0.3 is 0 Å². The fraction of sp³-hybridized carbons (Fsp3) is 0.154. The van der Waals surface area contributed by atoms with Crippen LogP contribution in [0.15, 0.2) is 29.1 Å². The van der Waals surface area contributed by atoms with Gasteiger partial charge in [-0.05, 0) is 37.6 Å². The van der Waals surface area contributed by atoms with Gasteiger partial charge in [-0.25, -0.2) is 10.5 Å². The predicted molar refractivity (Wildman–Crippen MR) is 76.0 cm³/mol. The first kappa shape index (κ1) is 14.2. The molecule has 6 nitrogen and oxygen atoms in total. The van der Waals surface area contributed by atoms with Gasteiger partial charge in [-0.1, -0.05) is 11.6 Å². The number of hydrazine groups is 1. The number of rotatable bonds is 2. The van der Waals surface area contributed by atoms with Crippen LogP contribution in [-0.2, 0) is 0 Å². The van der Waals surface area contributed by atoms with E-state index in [4.69, 9.17) is 17.4 Å². The summed E-state index contributed by atoms with van der Waals surface area (Å²) in [6.07, 6.45) is 0. The van der Waals surface area contributed by atoms with Gasteiger partial charge in [0.15, 0.2) is 5.69 Å². The number of nitrogens with one attached hydrogen (secondary N) is 1. The van der Waals surface area contributed by atoms with Crippen LogP contribution in [0, 0.1) is 13.8 Å². The summed E-state index contributed by atoms with van der Waals surface area (Å²) in [5.41, 5.74) is 3.38.